The van der Waals surface area contributed by atoms with E-state index in [2.05, 4.69) is 229 Å². The van der Waals surface area contributed by atoms with Crippen LogP contribution in [0.3, 0.4) is 0 Å². The first-order chi connectivity index (χ1) is 30.8. The molecule has 2 aromatic heterocycles. The predicted molar refractivity (Wildman–Crippen MR) is 260 cm³/mol. The lowest BCUT2D eigenvalue weighted by atomic mass is 9.99. The van der Waals surface area contributed by atoms with Crippen LogP contribution in [0.15, 0.2) is 243 Å². The molecule has 0 aliphatic carbocycles. The van der Waals surface area contributed by atoms with E-state index in [-0.39, 0.29) is 0 Å². The number of rotatable bonds is 9. The van der Waals surface area contributed by atoms with E-state index in [0.717, 1.165) is 33.1 Å². The van der Waals surface area contributed by atoms with Crippen LogP contribution in [0.1, 0.15) is 0 Å². The second-order valence-corrected chi connectivity index (χ2v) is 19.4. The molecule has 0 N–H and O–H groups in total. The molecule has 0 fully saturated rings. The van der Waals surface area contributed by atoms with Gasteiger partial charge in [0.15, 0.2) is 19.7 Å². The highest BCUT2D eigenvalue weighted by Gasteiger charge is 2.42. The highest BCUT2D eigenvalue weighted by Crippen LogP contribution is 2.38. The third kappa shape index (κ3) is 6.43. The van der Waals surface area contributed by atoms with Crippen molar-refractivity contribution < 1.29 is 0 Å². The van der Waals surface area contributed by atoms with Crippen LogP contribution in [0, 0.1) is 0 Å². The Bertz CT molecular complexity index is 3290. The maximum atomic E-state index is 5.43. The highest BCUT2D eigenvalue weighted by atomic mass is 28.3. The zero-order chi connectivity index (χ0) is 41.3. The average Bonchev–Trinajstić information content (AvgIpc) is 3.71. The number of benzene rings is 9. The topological polar surface area (TPSA) is 43.6 Å². The van der Waals surface area contributed by atoms with Crippen LogP contribution in [0.25, 0.3) is 72.8 Å². The second-order valence-electron chi connectivity index (χ2n) is 15.6. The number of aromatic nitrogens is 4. The van der Waals surface area contributed by atoms with Gasteiger partial charge < -0.3 is 0 Å². The third-order valence-electron chi connectivity index (χ3n) is 12.0. The van der Waals surface area contributed by atoms with Crippen molar-refractivity contribution in [3.8, 4) is 51.0 Å². The summed E-state index contributed by atoms with van der Waals surface area (Å²) in [5.74, 6) is 1.80. The quantitative estimate of drug-likeness (QED) is 0.108. The van der Waals surface area contributed by atoms with Gasteiger partial charge in [-0.25, -0.2) is 4.98 Å². The molecule has 9 aromatic carbocycles. The van der Waals surface area contributed by atoms with Crippen LogP contribution in [-0.4, -0.2) is 27.6 Å². The summed E-state index contributed by atoms with van der Waals surface area (Å²) in [7, 11) is -2.96. The Morgan fingerprint density at radius 2 is 0.742 bits per heavy atom. The van der Waals surface area contributed by atoms with Gasteiger partial charge in [-0.2, -0.15) is 9.97 Å². The number of para-hydroxylation sites is 1. The number of hydrogen-bond donors (Lipinski definition) is 0. The third-order valence-corrected chi connectivity index (χ3v) is 16.8. The Labute approximate surface area is 362 Å². The second kappa shape index (κ2) is 15.9. The van der Waals surface area contributed by atoms with Gasteiger partial charge in [0.25, 0.3) is 0 Å². The molecule has 0 bridgehead atoms. The molecule has 0 saturated carbocycles. The van der Waals surface area contributed by atoms with Crippen molar-refractivity contribution in [1.29, 1.82) is 0 Å². The molecule has 0 amide bonds. The predicted octanol–water partition coefficient (Wildman–Crippen LogP) is 11.0. The van der Waals surface area contributed by atoms with Gasteiger partial charge in [0.05, 0.1) is 11.0 Å². The van der Waals surface area contributed by atoms with Crippen molar-refractivity contribution in [1.82, 2.24) is 19.5 Å². The minimum Gasteiger partial charge on any atom is -0.278 e. The number of fused-ring (bicyclic) bond motifs is 3. The van der Waals surface area contributed by atoms with E-state index < -0.39 is 8.07 Å². The van der Waals surface area contributed by atoms with E-state index in [1.165, 1.54) is 42.8 Å². The van der Waals surface area contributed by atoms with Crippen LogP contribution in [0.5, 0.6) is 0 Å². The molecule has 5 heteroatoms. The summed E-state index contributed by atoms with van der Waals surface area (Å²) in [6.45, 7) is 0. The van der Waals surface area contributed by atoms with Gasteiger partial charge in [-0.3, -0.25) is 4.57 Å². The van der Waals surface area contributed by atoms with Crippen LogP contribution in [0.4, 0.5) is 0 Å². The van der Waals surface area contributed by atoms with Gasteiger partial charge in [-0.1, -0.05) is 231 Å². The van der Waals surface area contributed by atoms with Gasteiger partial charge in [-0.15, -0.1) is 0 Å². The van der Waals surface area contributed by atoms with Crippen LogP contribution in [-0.2, 0) is 0 Å². The van der Waals surface area contributed by atoms with Crippen LogP contribution < -0.4 is 20.7 Å². The summed E-state index contributed by atoms with van der Waals surface area (Å²) < 4.78 is 2.21. The molecular formula is C57H40N4Si. The lowest BCUT2D eigenvalue weighted by Crippen LogP contribution is -2.74. The molecule has 0 radical (unpaired) electrons. The van der Waals surface area contributed by atoms with Crippen LogP contribution in [0.2, 0.25) is 0 Å². The highest BCUT2D eigenvalue weighted by molar-refractivity contribution is 7.20. The Kier molecular flexibility index (Phi) is 9.49. The lowest BCUT2D eigenvalue weighted by Gasteiger charge is -2.35. The molecule has 0 atom stereocenters. The Morgan fingerprint density at radius 1 is 0.306 bits per heavy atom. The van der Waals surface area contributed by atoms with E-state index in [0.29, 0.717) is 17.6 Å². The molecule has 2 heterocycles. The fourth-order valence-corrected chi connectivity index (χ4v) is 14.1. The van der Waals surface area contributed by atoms with Crippen LogP contribution >= 0.6 is 0 Å². The van der Waals surface area contributed by atoms with Crippen molar-refractivity contribution in [2.75, 3.05) is 0 Å². The Morgan fingerprint density at radius 3 is 1.37 bits per heavy atom. The number of hydrogen-bond acceptors (Lipinski definition) is 3. The molecule has 62 heavy (non-hydrogen) atoms. The Hall–Kier alpha value is -7.99. The normalized spacial score (nSPS) is 11.5. The smallest absolute Gasteiger partial charge is 0.238 e. The van der Waals surface area contributed by atoms with Gasteiger partial charge in [0.2, 0.25) is 5.95 Å². The van der Waals surface area contributed by atoms with E-state index in [1.807, 2.05) is 18.2 Å². The molecule has 4 nitrogen and oxygen atoms in total. The molecule has 292 valence electrons. The van der Waals surface area contributed by atoms with E-state index >= 15 is 0 Å². The largest absolute Gasteiger partial charge is 0.278 e. The Balaban J connectivity index is 1.17. The monoisotopic (exact) mass is 808 g/mol. The molecule has 0 spiro atoms. The molecule has 0 aliphatic heterocycles. The van der Waals surface area contributed by atoms with Gasteiger partial charge in [-0.05, 0) is 55.1 Å². The lowest BCUT2D eigenvalue weighted by molar-refractivity contribution is 0.953. The van der Waals surface area contributed by atoms with Gasteiger partial charge >= 0.3 is 0 Å². The number of nitrogens with zero attached hydrogens (tertiary/aromatic N) is 4. The minimum atomic E-state index is -2.96. The SMILES string of the molecule is c1ccc(-c2cccc([Si](c3ccccc3)(c3ccccc3)c3cccc(-c4nc(-c5ccccc5)nc(-n5c6ccccc6c6c(-c7ccccc7)cccc65)n4)c3)c2)cc1. The zero-order valence-corrected chi connectivity index (χ0v) is 34.9. The summed E-state index contributed by atoms with van der Waals surface area (Å²) in [6, 6.07) is 86.9. The van der Waals surface area contributed by atoms with Crippen molar-refractivity contribution in [2.45, 2.75) is 0 Å². The fraction of sp³-hybridized carbons (Fsp3) is 0. The van der Waals surface area contributed by atoms with E-state index in [1.54, 1.807) is 0 Å². The molecular weight excluding hydrogens is 769 g/mol. The first-order valence-corrected chi connectivity index (χ1v) is 23.0. The first kappa shape index (κ1) is 37.0. The molecule has 0 unspecified atom stereocenters. The van der Waals surface area contributed by atoms with E-state index in [9.17, 15) is 0 Å². The fourth-order valence-electron chi connectivity index (χ4n) is 9.23. The van der Waals surface area contributed by atoms with Crippen molar-refractivity contribution in [3.05, 3.63) is 243 Å². The summed E-state index contributed by atoms with van der Waals surface area (Å²) in [4.78, 5) is 16.0. The van der Waals surface area contributed by atoms with Gasteiger partial charge in [0.1, 0.15) is 0 Å². The molecule has 11 aromatic rings. The van der Waals surface area contributed by atoms with Crippen molar-refractivity contribution in [3.63, 3.8) is 0 Å². The maximum absolute atomic E-state index is 5.43. The van der Waals surface area contributed by atoms with Crippen molar-refractivity contribution >= 4 is 50.6 Å². The molecule has 11 rings (SSSR count). The molecule has 0 aliphatic rings. The van der Waals surface area contributed by atoms with Gasteiger partial charge in [0, 0.05) is 21.9 Å². The summed E-state index contributed by atoms with van der Waals surface area (Å²) in [5, 5.41) is 7.45. The zero-order valence-electron chi connectivity index (χ0n) is 33.9. The standard InChI is InChI=1S/C57H40N4Si/c1-6-21-41(22-7-1)44-27-18-33-48(39-44)62(46-29-12-4-13-30-46,47-31-14-5-15-32-47)49-34-19-28-45(40-49)56-58-55(43-25-10-3-11-26-43)59-57(60-56)61-52-37-17-16-35-51(52)54-50(36-20-38-53(54)61)42-23-8-2-9-24-42/h1-40H. The minimum absolute atomic E-state index is 0.570. The summed E-state index contributed by atoms with van der Waals surface area (Å²) >= 11 is 0. The maximum Gasteiger partial charge on any atom is 0.238 e. The van der Waals surface area contributed by atoms with Crippen molar-refractivity contribution in [2.24, 2.45) is 0 Å². The molecule has 0 saturated heterocycles. The summed E-state index contributed by atoms with van der Waals surface area (Å²) in [6.07, 6.45) is 0. The van der Waals surface area contributed by atoms with E-state index in [4.69, 9.17) is 15.0 Å². The summed E-state index contributed by atoms with van der Waals surface area (Å²) in [5.41, 5.74) is 8.65. The first-order valence-electron chi connectivity index (χ1n) is 21.0. The average molecular weight is 809 g/mol.